The molecule has 0 aliphatic heterocycles. The maximum atomic E-state index is 13.0. The highest BCUT2D eigenvalue weighted by Crippen LogP contribution is 2.21. The summed E-state index contributed by atoms with van der Waals surface area (Å²) in [5, 5.41) is 1.11. The molecule has 0 bridgehead atoms. The van der Waals surface area contributed by atoms with Crippen LogP contribution < -0.4 is 11.3 Å². The number of benzene rings is 2. The molecule has 0 radical (unpaired) electrons. The largest absolute Gasteiger partial charge is 0.271 e. The van der Waals surface area contributed by atoms with Crippen molar-refractivity contribution in [3.8, 4) is 0 Å². The van der Waals surface area contributed by atoms with Crippen molar-refractivity contribution in [2.75, 3.05) is 0 Å². The number of hydrogen-bond acceptors (Lipinski definition) is 2. The Labute approximate surface area is 127 Å². The molecule has 1 unspecified atom stereocenters. The van der Waals surface area contributed by atoms with Gasteiger partial charge < -0.3 is 0 Å². The Bertz CT molecular complexity index is 590. The highest BCUT2D eigenvalue weighted by atomic mass is 35.5. The molecule has 2 rings (SSSR count). The fourth-order valence-corrected chi connectivity index (χ4v) is 2.53. The van der Waals surface area contributed by atoms with Crippen LogP contribution in [0.2, 0.25) is 10.0 Å². The van der Waals surface area contributed by atoms with E-state index in [0.717, 1.165) is 11.1 Å². The molecule has 1 atom stereocenters. The smallest absolute Gasteiger partial charge is 0.124 e. The number of hydrazine groups is 1. The zero-order valence-corrected chi connectivity index (χ0v) is 12.3. The van der Waals surface area contributed by atoms with Crippen LogP contribution in [0, 0.1) is 5.82 Å². The third-order valence-electron chi connectivity index (χ3n) is 3.14. The SMILES string of the molecule is NNC(Cc1ccccc1Cl)Cc1ccc(F)cc1Cl. The van der Waals surface area contributed by atoms with E-state index in [2.05, 4.69) is 5.43 Å². The van der Waals surface area contributed by atoms with Crippen molar-refractivity contribution in [2.24, 2.45) is 5.84 Å². The van der Waals surface area contributed by atoms with Crippen molar-refractivity contribution in [1.29, 1.82) is 0 Å². The van der Waals surface area contributed by atoms with Gasteiger partial charge in [-0.1, -0.05) is 47.5 Å². The zero-order chi connectivity index (χ0) is 14.5. The van der Waals surface area contributed by atoms with Gasteiger partial charge in [0.1, 0.15) is 5.82 Å². The predicted octanol–water partition coefficient (Wildman–Crippen LogP) is 3.75. The summed E-state index contributed by atoms with van der Waals surface area (Å²) in [7, 11) is 0. The lowest BCUT2D eigenvalue weighted by molar-refractivity contribution is 0.522. The van der Waals surface area contributed by atoms with E-state index in [0.29, 0.717) is 22.9 Å². The van der Waals surface area contributed by atoms with E-state index in [1.807, 2.05) is 24.3 Å². The topological polar surface area (TPSA) is 38.0 Å². The van der Waals surface area contributed by atoms with Crippen LogP contribution >= 0.6 is 23.2 Å². The summed E-state index contributed by atoms with van der Waals surface area (Å²) in [6.45, 7) is 0. The first-order valence-corrected chi connectivity index (χ1v) is 6.99. The second-order valence-electron chi connectivity index (χ2n) is 4.60. The highest BCUT2D eigenvalue weighted by molar-refractivity contribution is 6.31. The molecule has 0 aromatic heterocycles. The van der Waals surface area contributed by atoms with Gasteiger partial charge in [-0.3, -0.25) is 11.3 Å². The summed E-state index contributed by atoms with van der Waals surface area (Å²) < 4.78 is 13.0. The molecule has 0 saturated carbocycles. The van der Waals surface area contributed by atoms with Gasteiger partial charge in [-0.25, -0.2) is 4.39 Å². The molecule has 0 aliphatic carbocycles. The van der Waals surface area contributed by atoms with Crippen molar-refractivity contribution in [2.45, 2.75) is 18.9 Å². The molecule has 5 heteroatoms. The molecule has 0 fully saturated rings. The molecular weight excluding hydrogens is 298 g/mol. The fraction of sp³-hybridized carbons (Fsp3) is 0.200. The first-order chi connectivity index (χ1) is 9.60. The van der Waals surface area contributed by atoms with E-state index in [-0.39, 0.29) is 11.9 Å². The van der Waals surface area contributed by atoms with E-state index in [4.69, 9.17) is 29.0 Å². The summed E-state index contributed by atoms with van der Waals surface area (Å²) in [4.78, 5) is 0. The van der Waals surface area contributed by atoms with E-state index in [1.54, 1.807) is 6.07 Å². The first kappa shape index (κ1) is 15.3. The summed E-state index contributed by atoms with van der Waals surface area (Å²) in [5.74, 6) is 5.24. The van der Waals surface area contributed by atoms with Crippen LogP contribution in [0.1, 0.15) is 11.1 Å². The second kappa shape index (κ2) is 7.04. The van der Waals surface area contributed by atoms with Crippen LogP contribution in [0.15, 0.2) is 42.5 Å². The Morgan fingerprint density at radius 3 is 2.25 bits per heavy atom. The molecule has 2 nitrogen and oxygen atoms in total. The van der Waals surface area contributed by atoms with Crippen LogP contribution in [-0.4, -0.2) is 6.04 Å². The summed E-state index contributed by atoms with van der Waals surface area (Å²) in [6.07, 6.45) is 1.27. The van der Waals surface area contributed by atoms with E-state index < -0.39 is 0 Å². The number of nitrogens with one attached hydrogen (secondary N) is 1. The Kier molecular flexibility index (Phi) is 5.38. The van der Waals surface area contributed by atoms with Crippen LogP contribution in [0.25, 0.3) is 0 Å². The van der Waals surface area contributed by atoms with E-state index in [1.165, 1.54) is 12.1 Å². The maximum Gasteiger partial charge on any atom is 0.124 e. The molecule has 2 aromatic rings. The van der Waals surface area contributed by atoms with Gasteiger partial charge in [0.15, 0.2) is 0 Å². The van der Waals surface area contributed by atoms with Gasteiger partial charge in [0.05, 0.1) is 0 Å². The Morgan fingerprint density at radius 2 is 1.65 bits per heavy atom. The quantitative estimate of drug-likeness (QED) is 0.652. The minimum Gasteiger partial charge on any atom is -0.271 e. The van der Waals surface area contributed by atoms with Gasteiger partial charge in [0.25, 0.3) is 0 Å². The summed E-state index contributed by atoms with van der Waals surface area (Å²) >= 11 is 12.2. The number of hydrogen-bond donors (Lipinski definition) is 2. The van der Waals surface area contributed by atoms with E-state index in [9.17, 15) is 4.39 Å². The van der Waals surface area contributed by atoms with Crippen LogP contribution in [0.4, 0.5) is 4.39 Å². The van der Waals surface area contributed by atoms with Crippen LogP contribution in [0.3, 0.4) is 0 Å². The monoisotopic (exact) mass is 312 g/mol. The average Bonchev–Trinajstić information content (AvgIpc) is 2.43. The standard InChI is InChI=1S/C15H15Cl2FN2/c16-14-4-2-1-3-10(14)7-13(20-19)8-11-5-6-12(18)9-15(11)17/h1-6,9,13,20H,7-8,19H2. The molecule has 106 valence electrons. The third-order valence-corrected chi connectivity index (χ3v) is 3.86. The van der Waals surface area contributed by atoms with Crippen molar-refractivity contribution >= 4 is 23.2 Å². The zero-order valence-electron chi connectivity index (χ0n) is 10.7. The van der Waals surface area contributed by atoms with Crippen molar-refractivity contribution < 1.29 is 4.39 Å². The average molecular weight is 313 g/mol. The van der Waals surface area contributed by atoms with Crippen LogP contribution in [-0.2, 0) is 12.8 Å². The molecule has 0 spiro atoms. The van der Waals surface area contributed by atoms with Gasteiger partial charge in [-0.15, -0.1) is 0 Å². The van der Waals surface area contributed by atoms with Gasteiger partial charge in [-0.05, 0) is 42.2 Å². The van der Waals surface area contributed by atoms with Gasteiger partial charge in [0.2, 0.25) is 0 Å². The van der Waals surface area contributed by atoms with Gasteiger partial charge >= 0.3 is 0 Å². The molecule has 20 heavy (non-hydrogen) atoms. The molecule has 0 amide bonds. The van der Waals surface area contributed by atoms with Crippen molar-refractivity contribution in [3.63, 3.8) is 0 Å². The minimum atomic E-state index is -0.345. The minimum absolute atomic E-state index is 0.0298. The molecule has 2 aromatic carbocycles. The molecule has 3 N–H and O–H groups in total. The Morgan fingerprint density at radius 1 is 1.00 bits per heavy atom. The lowest BCUT2D eigenvalue weighted by Gasteiger charge is -2.17. The lowest BCUT2D eigenvalue weighted by Crippen LogP contribution is -2.38. The highest BCUT2D eigenvalue weighted by Gasteiger charge is 2.13. The van der Waals surface area contributed by atoms with E-state index >= 15 is 0 Å². The maximum absolute atomic E-state index is 13.0. The third kappa shape index (κ3) is 3.93. The van der Waals surface area contributed by atoms with Crippen LogP contribution in [0.5, 0.6) is 0 Å². The fourth-order valence-electron chi connectivity index (χ4n) is 2.07. The van der Waals surface area contributed by atoms with Crippen molar-refractivity contribution in [3.05, 3.63) is 69.5 Å². The Balaban J connectivity index is 2.11. The number of rotatable bonds is 5. The lowest BCUT2D eigenvalue weighted by atomic mass is 9.99. The van der Waals surface area contributed by atoms with Gasteiger partial charge in [0, 0.05) is 16.1 Å². The summed E-state index contributed by atoms with van der Waals surface area (Å²) in [5.41, 5.74) is 4.62. The molecular formula is C15H15Cl2FN2. The normalized spacial score (nSPS) is 12.4. The molecule has 0 aliphatic rings. The second-order valence-corrected chi connectivity index (χ2v) is 5.41. The number of nitrogens with two attached hydrogens (primary N) is 1. The van der Waals surface area contributed by atoms with Crippen molar-refractivity contribution in [1.82, 2.24) is 5.43 Å². The number of halogens is 3. The van der Waals surface area contributed by atoms with Gasteiger partial charge in [-0.2, -0.15) is 0 Å². The predicted molar refractivity (Wildman–Crippen MR) is 81.4 cm³/mol. The Hall–Kier alpha value is -1.13. The summed E-state index contributed by atoms with van der Waals surface area (Å²) in [6, 6.07) is 12.0. The molecule has 0 heterocycles. The first-order valence-electron chi connectivity index (χ1n) is 6.23. The molecule has 0 saturated heterocycles.